The van der Waals surface area contributed by atoms with Crippen molar-refractivity contribution in [2.45, 2.75) is 37.1 Å². The lowest BCUT2D eigenvalue weighted by Gasteiger charge is -2.31. The molecule has 1 saturated heterocycles. The second-order valence-corrected chi connectivity index (χ2v) is 11.9. The van der Waals surface area contributed by atoms with Crippen molar-refractivity contribution in [1.82, 2.24) is 29.6 Å². The van der Waals surface area contributed by atoms with Crippen molar-refractivity contribution >= 4 is 29.0 Å². The van der Waals surface area contributed by atoms with Crippen LogP contribution < -0.4 is 0 Å². The lowest BCUT2D eigenvalue weighted by molar-refractivity contribution is 0.0685. The Morgan fingerprint density at radius 1 is 1.00 bits per heavy atom. The third kappa shape index (κ3) is 5.85. The van der Waals surface area contributed by atoms with Gasteiger partial charge in [0.15, 0.2) is 11.0 Å². The van der Waals surface area contributed by atoms with Crippen LogP contribution in [0.5, 0.6) is 0 Å². The molecular weight excluding hydrogens is 537 g/mol. The lowest BCUT2D eigenvalue weighted by Crippen LogP contribution is -2.39. The van der Waals surface area contributed by atoms with Crippen LogP contribution in [0.2, 0.25) is 0 Å². The summed E-state index contributed by atoms with van der Waals surface area (Å²) in [7, 11) is 0. The van der Waals surface area contributed by atoms with Gasteiger partial charge in [0.25, 0.3) is 5.91 Å². The molecule has 0 unspecified atom stereocenters. The molecule has 0 saturated carbocycles. The fourth-order valence-electron chi connectivity index (χ4n) is 5.13. The summed E-state index contributed by atoms with van der Waals surface area (Å²) in [6.07, 6.45) is 6.69. The minimum absolute atomic E-state index is 0.0348. The number of aromatic nitrogens is 5. The molecule has 0 bridgehead atoms. The summed E-state index contributed by atoms with van der Waals surface area (Å²) in [4.78, 5) is 24.2. The lowest BCUT2D eigenvalue weighted by atomic mass is 9.90. The van der Waals surface area contributed by atoms with E-state index in [1.807, 2.05) is 34.5 Å². The molecule has 9 heteroatoms. The fourth-order valence-corrected chi connectivity index (χ4v) is 6.86. The number of thioether (sulfide) groups is 1. The molecule has 2 aromatic carbocycles. The maximum absolute atomic E-state index is 13.2. The Balaban J connectivity index is 1.12. The van der Waals surface area contributed by atoms with E-state index in [-0.39, 0.29) is 5.91 Å². The largest absolute Gasteiger partial charge is 0.337 e. The summed E-state index contributed by atoms with van der Waals surface area (Å²) in [5, 5.41) is 12.6. The molecule has 1 amide bonds. The number of thiazole rings is 1. The molecule has 1 aliphatic heterocycles. The van der Waals surface area contributed by atoms with E-state index in [2.05, 4.69) is 69.1 Å². The van der Waals surface area contributed by atoms with Crippen LogP contribution >= 0.6 is 23.1 Å². The molecule has 3 aromatic heterocycles. The second kappa shape index (κ2) is 12.1. The first-order valence-electron chi connectivity index (χ1n) is 13.5. The number of amides is 1. The number of likely N-dealkylation sites (tertiary alicyclic amines) is 1. The standard InChI is InChI=1S/C31H30N6OS2/c1-22-8-5-6-12-27(22)37-29(25-11-7-15-32-19-25)34-35-31(37)40-21-28-33-26(20-39-28)30(38)36-16-13-24(14-17-36)18-23-9-3-2-4-10-23/h2-12,15,19-20,24H,13-14,16-18,21H2,1H3. The van der Waals surface area contributed by atoms with Crippen molar-refractivity contribution in [1.29, 1.82) is 0 Å². The summed E-state index contributed by atoms with van der Waals surface area (Å²) in [6.45, 7) is 3.66. The van der Waals surface area contributed by atoms with Crippen LogP contribution in [0.15, 0.2) is 89.7 Å². The highest BCUT2D eigenvalue weighted by Gasteiger charge is 2.25. The van der Waals surface area contributed by atoms with Gasteiger partial charge in [0.2, 0.25) is 0 Å². The maximum atomic E-state index is 13.2. The zero-order chi connectivity index (χ0) is 27.3. The molecule has 6 rings (SSSR count). The van der Waals surface area contributed by atoms with E-state index in [0.717, 1.165) is 65.2 Å². The molecule has 0 spiro atoms. The van der Waals surface area contributed by atoms with Crippen molar-refractivity contribution < 1.29 is 4.79 Å². The number of pyridine rings is 1. The van der Waals surface area contributed by atoms with E-state index in [1.165, 1.54) is 16.9 Å². The number of nitrogens with zero attached hydrogens (tertiary/aromatic N) is 6. The minimum Gasteiger partial charge on any atom is -0.337 e. The van der Waals surface area contributed by atoms with Crippen LogP contribution in [0.4, 0.5) is 0 Å². The summed E-state index contributed by atoms with van der Waals surface area (Å²) < 4.78 is 2.08. The van der Waals surface area contributed by atoms with Gasteiger partial charge in [-0.05, 0) is 61.4 Å². The highest BCUT2D eigenvalue weighted by atomic mass is 32.2. The predicted molar refractivity (Wildman–Crippen MR) is 160 cm³/mol. The average Bonchev–Trinajstić information content (AvgIpc) is 3.65. The number of para-hydroxylation sites is 1. The van der Waals surface area contributed by atoms with Gasteiger partial charge in [0, 0.05) is 36.4 Å². The molecule has 0 aliphatic carbocycles. The van der Waals surface area contributed by atoms with Crippen molar-refractivity contribution in [3.05, 3.63) is 106 Å². The van der Waals surface area contributed by atoms with Crippen LogP contribution in [0.25, 0.3) is 17.1 Å². The van der Waals surface area contributed by atoms with Crippen LogP contribution in [0, 0.1) is 12.8 Å². The molecule has 0 atom stereocenters. The third-order valence-electron chi connectivity index (χ3n) is 7.27. The van der Waals surface area contributed by atoms with Crippen LogP contribution in [0.3, 0.4) is 0 Å². The number of carbonyl (C=O) groups is 1. The first-order valence-corrected chi connectivity index (χ1v) is 15.3. The highest BCUT2D eigenvalue weighted by molar-refractivity contribution is 7.98. The molecule has 4 heterocycles. The summed E-state index contributed by atoms with van der Waals surface area (Å²) in [5.74, 6) is 2.01. The Kier molecular flexibility index (Phi) is 8.02. The van der Waals surface area contributed by atoms with E-state index >= 15 is 0 Å². The zero-order valence-electron chi connectivity index (χ0n) is 22.3. The Morgan fingerprint density at radius 3 is 2.58 bits per heavy atom. The van der Waals surface area contributed by atoms with E-state index in [1.54, 1.807) is 24.2 Å². The number of hydrogen-bond donors (Lipinski definition) is 0. The van der Waals surface area contributed by atoms with E-state index < -0.39 is 0 Å². The van der Waals surface area contributed by atoms with Crippen molar-refractivity contribution in [2.75, 3.05) is 13.1 Å². The predicted octanol–water partition coefficient (Wildman–Crippen LogP) is 6.48. The van der Waals surface area contributed by atoms with E-state index in [0.29, 0.717) is 17.4 Å². The molecule has 0 radical (unpaired) electrons. The first-order chi connectivity index (χ1) is 19.7. The number of benzene rings is 2. The highest BCUT2D eigenvalue weighted by Crippen LogP contribution is 2.31. The van der Waals surface area contributed by atoms with Crippen molar-refractivity contribution in [2.24, 2.45) is 5.92 Å². The molecule has 7 nitrogen and oxygen atoms in total. The van der Waals surface area contributed by atoms with Crippen LogP contribution in [-0.2, 0) is 12.2 Å². The van der Waals surface area contributed by atoms with Gasteiger partial charge in [-0.1, -0.05) is 60.3 Å². The molecule has 5 aromatic rings. The number of rotatable bonds is 8. The van der Waals surface area contributed by atoms with Crippen LogP contribution in [0.1, 0.15) is 39.5 Å². The molecule has 202 valence electrons. The summed E-state index contributed by atoms with van der Waals surface area (Å²) in [6, 6.07) is 22.7. The second-order valence-electron chi connectivity index (χ2n) is 10.0. The van der Waals surface area contributed by atoms with E-state index in [9.17, 15) is 4.79 Å². The van der Waals surface area contributed by atoms with Gasteiger partial charge in [-0.3, -0.25) is 14.3 Å². The van der Waals surface area contributed by atoms with Gasteiger partial charge in [-0.25, -0.2) is 4.98 Å². The SMILES string of the molecule is Cc1ccccc1-n1c(SCc2nc(C(=O)N3CCC(Cc4ccccc4)CC3)cs2)nnc1-c1cccnc1. The number of aryl methyl sites for hydroxylation is 1. The molecule has 1 fully saturated rings. The first kappa shape index (κ1) is 26.4. The smallest absolute Gasteiger partial charge is 0.273 e. The van der Waals surface area contributed by atoms with Gasteiger partial charge in [0.1, 0.15) is 10.7 Å². The minimum atomic E-state index is 0.0348. The normalized spacial score (nSPS) is 14.0. The fraction of sp³-hybridized carbons (Fsp3) is 0.258. The van der Waals surface area contributed by atoms with Gasteiger partial charge >= 0.3 is 0 Å². The maximum Gasteiger partial charge on any atom is 0.273 e. The van der Waals surface area contributed by atoms with Gasteiger partial charge < -0.3 is 4.90 Å². The van der Waals surface area contributed by atoms with Gasteiger partial charge in [-0.2, -0.15) is 0 Å². The Morgan fingerprint density at radius 2 is 1.80 bits per heavy atom. The Bertz CT molecular complexity index is 1580. The Labute approximate surface area is 242 Å². The van der Waals surface area contributed by atoms with Gasteiger partial charge in [-0.15, -0.1) is 21.5 Å². The number of piperidine rings is 1. The monoisotopic (exact) mass is 566 g/mol. The van der Waals surface area contributed by atoms with Crippen LogP contribution in [-0.4, -0.2) is 48.6 Å². The molecule has 40 heavy (non-hydrogen) atoms. The number of hydrogen-bond acceptors (Lipinski definition) is 7. The van der Waals surface area contributed by atoms with Crippen molar-refractivity contribution in [3.63, 3.8) is 0 Å². The molecule has 1 aliphatic rings. The number of carbonyl (C=O) groups excluding carboxylic acids is 1. The topological polar surface area (TPSA) is 76.8 Å². The zero-order valence-corrected chi connectivity index (χ0v) is 23.9. The quantitative estimate of drug-likeness (QED) is 0.200. The summed E-state index contributed by atoms with van der Waals surface area (Å²) >= 11 is 3.10. The average molecular weight is 567 g/mol. The van der Waals surface area contributed by atoms with Crippen molar-refractivity contribution in [3.8, 4) is 17.1 Å². The third-order valence-corrected chi connectivity index (χ3v) is 9.25. The Hall–Kier alpha value is -3.82. The molecular formula is C31H30N6OS2. The summed E-state index contributed by atoms with van der Waals surface area (Å²) in [5.41, 5.74) is 4.97. The molecule has 0 N–H and O–H groups in total. The van der Waals surface area contributed by atoms with E-state index in [4.69, 9.17) is 4.98 Å². The van der Waals surface area contributed by atoms with Gasteiger partial charge in [0.05, 0.1) is 11.4 Å².